The number of aryl methyl sites for hydroxylation is 3. The van der Waals surface area contributed by atoms with Crippen LogP contribution in [0.4, 0.5) is 0 Å². The number of aromatic nitrogens is 3. The van der Waals surface area contributed by atoms with Crippen molar-refractivity contribution >= 4 is 0 Å². The summed E-state index contributed by atoms with van der Waals surface area (Å²) in [5, 5.41) is 3.46. The van der Waals surface area contributed by atoms with Crippen molar-refractivity contribution in [2.45, 2.75) is 39.7 Å². The molecular formula is C28H30N4O. The number of hydrogen-bond donors (Lipinski definition) is 1. The van der Waals surface area contributed by atoms with Crippen LogP contribution in [0.3, 0.4) is 0 Å². The molecule has 0 radical (unpaired) electrons. The Kier molecular flexibility index (Phi) is 5.97. The number of pyridine rings is 1. The lowest BCUT2D eigenvalue weighted by Crippen LogP contribution is -2.29. The van der Waals surface area contributed by atoms with Crippen LogP contribution in [-0.4, -0.2) is 27.6 Å². The summed E-state index contributed by atoms with van der Waals surface area (Å²) in [6.07, 6.45) is 4.14. The van der Waals surface area contributed by atoms with Gasteiger partial charge in [0.05, 0.1) is 23.4 Å². The third kappa shape index (κ3) is 4.69. The number of benzene rings is 2. The Morgan fingerprint density at radius 1 is 0.879 bits per heavy atom. The van der Waals surface area contributed by atoms with Gasteiger partial charge in [0.1, 0.15) is 5.75 Å². The zero-order valence-corrected chi connectivity index (χ0v) is 19.5. The standard InChI is InChI=1S/C28H30N4O/c1-19-7-9-22(10-8-19)27-28(32(18-30-27)23-11-13-29-14-12-23)25-5-4-6-26(31-25)33-24-16-20(2)15-21(3)17-24/h4-10,15-18,23,29H,11-14H2,1-3H3. The van der Waals surface area contributed by atoms with Crippen LogP contribution in [0.1, 0.15) is 35.6 Å². The fourth-order valence-corrected chi connectivity index (χ4v) is 4.62. The highest BCUT2D eigenvalue weighted by Gasteiger charge is 2.23. The van der Waals surface area contributed by atoms with E-state index in [1.165, 1.54) is 16.7 Å². The van der Waals surface area contributed by atoms with Gasteiger partial charge in [-0.05, 0) is 76.0 Å². The molecule has 1 N–H and O–H groups in total. The number of imidazole rings is 1. The van der Waals surface area contributed by atoms with Gasteiger partial charge in [-0.25, -0.2) is 9.97 Å². The molecule has 0 atom stereocenters. The monoisotopic (exact) mass is 438 g/mol. The third-order valence-corrected chi connectivity index (χ3v) is 6.20. The highest BCUT2D eigenvalue weighted by atomic mass is 16.5. The molecule has 0 amide bonds. The molecule has 0 spiro atoms. The topological polar surface area (TPSA) is 52.0 Å². The van der Waals surface area contributed by atoms with Crippen LogP contribution in [0.25, 0.3) is 22.6 Å². The first-order chi connectivity index (χ1) is 16.1. The molecule has 2 aromatic heterocycles. The summed E-state index contributed by atoms with van der Waals surface area (Å²) in [7, 11) is 0. The number of piperidine rings is 1. The molecule has 1 aliphatic heterocycles. The highest BCUT2D eigenvalue weighted by Crippen LogP contribution is 2.35. The normalized spacial score (nSPS) is 14.4. The largest absolute Gasteiger partial charge is 0.439 e. The molecule has 33 heavy (non-hydrogen) atoms. The van der Waals surface area contributed by atoms with Crippen LogP contribution >= 0.6 is 0 Å². The minimum Gasteiger partial charge on any atom is -0.439 e. The molecule has 5 heteroatoms. The number of nitrogens with zero attached hydrogens (tertiary/aromatic N) is 3. The summed E-state index contributed by atoms with van der Waals surface area (Å²) in [6.45, 7) is 8.30. The quantitative estimate of drug-likeness (QED) is 0.400. The molecule has 5 rings (SSSR count). The van der Waals surface area contributed by atoms with E-state index < -0.39 is 0 Å². The Labute approximate surface area is 195 Å². The maximum atomic E-state index is 6.17. The van der Waals surface area contributed by atoms with Gasteiger partial charge in [0.2, 0.25) is 5.88 Å². The van der Waals surface area contributed by atoms with Crippen LogP contribution in [0.15, 0.2) is 67.0 Å². The van der Waals surface area contributed by atoms with Gasteiger partial charge in [0.25, 0.3) is 0 Å². The maximum absolute atomic E-state index is 6.17. The summed E-state index contributed by atoms with van der Waals surface area (Å²) < 4.78 is 8.49. The first kappa shape index (κ1) is 21.4. The van der Waals surface area contributed by atoms with Crippen LogP contribution in [0.5, 0.6) is 11.6 Å². The molecule has 1 saturated heterocycles. The van der Waals surface area contributed by atoms with Crippen molar-refractivity contribution in [2.75, 3.05) is 13.1 Å². The van der Waals surface area contributed by atoms with E-state index in [0.29, 0.717) is 11.9 Å². The lowest BCUT2D eigenvalue weighted by molar-refractivity contribution is 0.370. The van der Waals surface area contributed by atoms with Gasteiger partial charge in [-0.2, -0.15) is 0 Å². The SMILES string of the molecule is Cc1ccc(-c2ncn(C3CCNCC3)c2-c2cccc(Oc3cc(C)cc(C)c3)n2)cc1. The maximum Gasteiger partial charge on any atom is 0.219 e. The Bertz CT molecular complexity index is 1230. The van der Waals surface area contributed by atoms with E-state index in [1.54, 1.807) is 0 Å². The second-order valence-electron chi connectivity index (χ2n) is 8.98. The summed E-state index contributed by atoms with van der Waals surface area (Å²) in [4.78, 5) is 9.80. The van der Waals surface area contributed by atoms with Gasteiger partial charge in [-0.1, -0.05) is 42.0 Å². The minimum atomic E-state index is 0.402. The van der Waals surface area contributed by atoms with Gasteiger partial charge in [-0.15, -0.1) is 0 Å². The number of hydrogen-bond acceptors (Lipinski definition) is 4. The summed E-state index contributed by atoms with van der Waals surface area (Å²) >= 11 is 0. The van der Waals surface area contributed by atoms with Gasteiger partial charge in [-0.3, -0.25) is 0 Å². The van der Waals surface area contributed by atoms with Crippen molar-refractivity contribution < 1.29 is 4.74 Å². The average Bonchev–Trinajstić information content (AvgIpc) is 3.25. The van der Waals surface area contributed by atoms with Crippen molar-refractivity contribution in [2.24, 2.45) is 0 Å². The van der Waals surface area contributed by atoms with Crippen LogP contribution in [0, 0.1) is 20.8 Å². The fourth-order valence-electron chi connectivity index (χ4n) is 4.62. The first-order valence-electron chi connectivity index (χ1n) is 11.6. The highest BCUT2D eigenvalue weighted by molar-refractivity contribution is 5.77. The lowest BCUT2D eigenvalue weighted by atomic mass is 10.0. The predicted octanol–water partition coefficient (Wildman–Crippen LogP) is 6.25. The average molecular weight is 439 g/mol. The molecule has 4 aromatic rings. The van der Waals surface area contributed by atoms with Gasteiger partial charge < -0.3 is 14.6 Å². The number of nitrogens with one attached hydrogen (secondary N) is 1. The smallest absolute Gasteiger partial charge is 0.219 e. The summed E-state index contributed by atoms with van der Waals surface area (Å²) in [6, 6.07) is 21.2. The van der Waals surface area contributed by atoms with Gasteiger partial charge in [0, 0.05) is 17.7 Å². The summed E-state index contributed by atoms with van der Waals surface area (Å²) in [5.74, 6) is 1.40. The lowest BCUT2D eigenvalue weighted by Gasteiger charge is -2.25. The van der Waals surface area contributed by atoms with Crippen molar-refractivity contribution in [3.8, 4) is 34.3 Å². The third-order valence-electron chi connectivity index (χ3n) is 6.20. The van der Waals surface area contributed by atoms with E-state index in [-0.39, 0.29) is 0 Å². The van der Waals surface area contributed by atoms with E-state index in [9.17, 15) is 0 Å². The molecule has 1 aliphatic rings. The molecule has 3 heterocycles. The molecule has 0 saturated carbocycles. The van der Waals surface area contributed by atoms with Crippen molar-refractivity contribution in [1.29, 1.82) is 0 Å². The zero-order valence-electron chi connectivity index (χ0n) is 19.5. The van der Waals surface area contributed by atoms with Crippen LogP contribution in [-0.2, 0) is 0 Å². The zero-order chi connectivity index (χ0) is 22.8. The number of ether oxygens (including phenoxy) is 1. The second-order valence-corrected chi connectivity index (χ2v) is 8.98. The van der Waals surface area contributed by atoms with Crippen LogP contribution in [0.2, 0.25) is 0 Å². The van der Waals surface area contributed by atoms with Gasteiger partial charge >= 0.3 is 0 Å². The molecule has 0 aliphatic carbocycles. The predicted molar refractivity (Wildman–Crippen MR) is 133 cm³/mol. The minimum absolute atomic E-state index is 0.402. The second kappa shape index (κ2) is 9.20. The van der Waals surface area contributed by atoms with E-state index in [2.05, 4.69) is 67.1 Å². The molecule has 1 fully saturated rings. The Morgan fingerprint density at radius 2 is 1.61 bits per heavy atom. The fraction of sp³-hybridized carbons (Fsp3) is 0.286. The Hall–Kier alpha value is -3.44. The molecule has 2 aromatic carbocycles. The van der Waals surface area contributed by atoms with Gasteiger partial charge in [0.15, 0.2) is 0 Å². The van der Waals surface area contributed by atoms with E-state index >= 15 is 0 Å². The molecule has 168 valence electrons. The van der Waals surface area contributed by atoms with E-state index in [1.807, 2.05) is 30.6 Å². The first-order valence-corrected chi connectivity index (χ1v) is 11.6. The number of rotatable bonds is 5. The van der Waals surface area contributed by atoms with Crippen LogP contribution < -0.4 is 10.1 Å². The Balaban J connectivity index is 1.57. The summed E-state index contributed by atoms with van der Waals surface area (Å²) in [5.41, 5.74) is 7.58. The Morgan fingerprint density at radius 3 is 2.33 bits per heavy atom. The molecule has 0 bridgehead atoms. The molecule has 0 unspecified atom stereocenters. The van der Waals surface area contributed by atoms with Crippen molar-refractivity contribution in [3.63, 3.8) is 0 Å². The molecule has 5 nitrogen and oxygen atoms in total. The van der Waals surface area contributed by atoms with E-state index in [4.69, 9.17) is 14.7 Å². The van der Waals surface area contributed by atoms with Crippen molar-refractivity contribution in [1.82, 2.24) is 19.9 Å². The van der Waals surface area contributed by atoms with Crippen molar-refractivity contribution in [3.05, 3.63) is 83.7 Å². The molecular weight excluding hydrogens is 408 g/mol. The van der Waals surface area contributed by atoms with E-state index in [0.717, 1.165) is 54.3 Å².